The summed E-state index contributed by atoms with van der Waals surface area (Å²) in [5, 5.41) is 10.7. The van der Waals surface area contributed by atoms with Crippen molar-refractivity contribution < 1.29 is 9.90 Å². The molecule has 0 spiro atoms. The van der Waals surface area contributed by atoms with Gasteiger partial charge in [0.2, 0.25) is 0 Å². The van der Waals surface area contributed by atoms with E-state index in [1.807, 2.05) is 5.38 Å². The molecule has 1 aromatic heterocycles. The van der Waals surface area contributed by atoms with Gasteiger partial charge in [-0.1, -0.05) is 19.6 Å². The van der Waals surface area contributed by atoms with Crippen molar-refractivity contribution in [3.8, 4) is 0 Å². The molecule has 0 aliphatic carbocycles. The lowest BCUT2D eigenvalue weighted by atomic mass is 10.3. The number of hydrogen-bond donors (Lipinski definition) is 1. The third-order valence-corrected chi connectivity index (χ3v) is 6.13. The van der Waals surface area contributed by atoms with Gasteiger partial charge in [-0.25, -0.2) is 4.79 Å². The molecule has 1 aromatic rings. The molecule has 12 heavy (non-hydrogen) atoms. The molecule has 0 aliphatic rings. The summed E-state index contributed by atoms with van der Waals surface area (Å²) in [5.41, 5.74) is 0.499. The van der Waals surface area contributed by atoms with Crippen LogP contribution in [-0.4, -0.2) is 19.1 Å². The Bertz CT molecular complexity index is 298. The van der Waals surface area contributed by atoms with Crippen molar-refractivity contribution in [2.45, 2.75) is 19.6 Å². The SMILES string of the molecule is C[Si](C)(C)c1sccc1C(=O)O. The van der Waals surface area contributed by atoms with Gasteiger partial charge in [0.25, 0.3) is 0 Å². The molecule has 1 rings (SSSR count). The molecule has 0 unspecified atom stereocenters. The summed E-state index contributed by atoms with van der Waals surface area (Å²) in [7, 11) is -1.45. The third kappa shape index (κ3) is 1.76. The van der Waals surface area contributed by atoms with Crippen LogP contribution in [0.15, 0.2) is 11.4 Å². The van der Waals surface area contributed by atoms with Crippen molar-refractivity contribution >= 4 is 29.9 Å². The van der Waals surface area contributed by atoms with Gasteiger partial charge < -0.3 is 5.11 Å². The number of hydrogen-bond acceptors (Lipinski definition) is 2. The molecule has 4 heteroatoms. The van der Waals surface area contributed by atoms with Crippen LogP contribution in [0, 0.1) is 0 Å². The molecule has 0 amide bonds. The zero-order valence-electron chi connectivity index (χ0n) is 7.42. The van der Waals surface area contributed by atoms with E-state index in [4.69, 9.17) is 5.11 Å². The number of carbonyl (C=O) groups is 1. The molecule has 1 heterocycles. The van der Waals surface area contributed by atoms with Crippen LogP contribution in [0.3, 0.4) is 0 Å². The largest absolute Gasteiger partial charge is 0.478 e. The highest BCUT2D eigenvalue weighted by molar-refractivity contribution is 7.25. The van der Waals surface area contributed by atoms with E-state index in [0.717, 1.165) is 4.50 Å². The van der Waals surface area contributed by atoms with Crippen molar-refractivity contribution in [1.82, 2.24) is 0 Å². The minimum atomic E-state index is -1.45. The van der Waals surface area contributed by atoms with Gasteiger partial charge in [-0.15, -0.1) is 0 Å². The van der Waals surface area contributed by atoms with Crippen LogP contribution in [0.1, 0.15) is 10.4 Å². The van der Waals surface area contributed by atoms with Crippen LogP contribution >= 0.6 is 11.3 Å². The minimum Gasteiger partial charge on any atom is -0.478 e. The van der Waals surface area contributed by atoms with Crippen LogP contribution in [0.5, 0.6) is 0 Å². The molecule has 0 atom stereocenters. The van der Waals surface area contributed by atoms with Crippen molar-refractivity contribution in [3.05, 3.63) is 17.0 Å². The fourth-order valence-electron chi connectivity index (χ4n) is 1.06. The lowest BCUT2D eigenvalue weighted by Gasteiger charge is -2.14. The van der Waals surface area contributed by atoms with E-state index < -0.39 is 14.0 Å². The molecule has 0 saturated carbocycles. The fourth-order valence-corrected chi connectivity index (χ4v) is 4.30. The van der Waals surface area contributed by atoms with Gasteiger partial charge in [-0.3, -0.25) is 0 Å². The predicted molar refractivity (Wildman–Crippen MR) is 54.3 cm³/mol. The predicted octanol–water partition coefficient (Wildman–Crippen LogP) is 1.99. The van der Waals surface area contributed by atoms with E-state index in [1.54, 1.807) is 17.4 Å². The van der Waals surface area contributed by atoms with Crippen molar-refractivity contribution in [2.24, 2.45) is 0 Å². The monoisotopic (exact) mass is 200 g/mol. The normalized spacial score (nSPS) is 11.6. The lowest BCUT2D eigenvalue weighted by Crippen LogP contribution is -2.38. The summed E-state index contributed by atoms with van der Waals surface area (Å²) in [6.45, 7) is 6.47. The second-order valence-corrected chi connectivity index (χ2v) is 10.00. The van der Waals surface area contributed by atoms with Crippen LogP contribution in [-0.2, 0) is 0 Å². The Labute approximate surface area is 76.9 Å². The maximum absolute atomic E-state index is 10.8. The Hall–Kier alpha value is -0.613. The Morgan fingerprint density at radius 3 is 2.42 bits per heavy atom. The van der Waals surface area contributed by atoms with Gasteiger partial charge in [-0.05, 0) is 11.4 Å². The lowest BCUT2D eigenvalue weighted by molar-refractivity contribution is 0.0698. The molecule has 2 nitrogen and oxygen atoms in total. The second kappa shape index (κ2) is 3.03. The molecular weight excluding hydrogens is 188 g/mol. The zero-order valence-corrected chi connectivity index (χ0v) is 9.23. The second-order valence-electron chi connectivity index (χ2n) is 3.72. The summed E-state index contributed by atoms with van der Waals surface area (Å²) < 4.78 is 1.08. The first-order valence-electron chi connectivity index (χ1n) is 3.74. The van der Waals surface area contributed by atoms with Crippen molar-refractivity contribution in [3.63, 3.8) is 0 Å². The number of aromatic carboxylic acids is 1. The average Bonchev–Trinajstić information content (AvgIpc) is 2.30. The van der Waals surface area contributed by atoms with Crippen LogP contribution < -0.4 is 4.50 Å². The number of thiophene rings is 1. The molecule has 66 valence electrons. The van der Waals surface area contributed by atoms with E-state index in [-0.39, 0.29) is 0 Å². The van der Waals surface area contributed by atoms with Gasteiger partial charge in [-0.2, -0.15) is 11.3 Å². The fraction of sp³-hybridized carbons (Fsp3) is 0.375. The highest BCUT2D eigenvalue weighted by Crippen LogP contribution is 2.12. The van der Waals surface area contributed by atoms with Crippen LogP contribution in [0.4, 0.5) is 0 Å². The minimum absolute atomic E-state index is 0.499. The van der Waals surface area contributed by atoms with Crippen LogP contribution in [0.25, 0.3) is 0 Å². The molecule has 0 aromatic carbocycles. The molecule has 0 radical (unpaired) electrons. The summed E-state index contributed by atoms with van der Waals surface area (Å²) >= 11 is 1.57. The summed E-state index contributed by atoms with van der Waals surface area (Å²) in [6.07, 6.45) is 0. The maximum atomic E-state index is 10.8. The van der Waals surface area contributed by atoms with E-state index >= 15 is 0 Å². The molecule has 0 bridgehead atoms. The number of carboxylic acid groups (broad SMARTS) is 1. The molecule has 1 N–H and O–H groups in total. The van der Waals surface area contributed by atoms with Crippen molar-refractivity contribution in [2.75, 3.05) is 0 Å². The number of carboxylic acids is 1. The summed E-state index contributed by atoms with van der Waals surface area (Å²) in [4.78, 5) is 10.8. The van der Waals surface area contributed by atoms with E-state index in [0.29, 0.717) is 5.56 Å². The van der Waals surface area contributed by atoms with Gasteiger partial charge in [0.15, 0.2) is 0 Å². The van der Waals surface area contributed by atoms with Gasteiger partial charge in [0.05, 0.1) is 13.6 Å². The highest BCUT2D eigenvalue weighted by atomic mass is 32.1. The van der Waals surface area contributed by atoms with E-state index in [9.17, 15) is 4.79 Å². The first-order valence-corrected chi connectivity index (χ1v) is 8.12. The van der Waals surface area contributed by atoms with Gasteiger partial charge in [0, 0.05) is 4.50 Å². The Balaban J connectivity index is 3.17. The Morgan fingerprint density at radius 2 is 2.08 bits per heavy atom. The van der Waals surface area contributed by atoms with Crippen LogP contribution in [0.2, 0.25) is 19.6 Å². The summed E-state index contributed by atoms with van der Waals surface area (Å²) in [6, 6.07) is 1.70. The molecule has 0 fully saturated rings. The van der Waals surface area contributed by atoms with E-state index in [2.05, 4.69) is 19.6 Å². The zero-order chi connectivity index (χ0) is 9.35. The van der Waals surface area contributed by atoms with Gasteiger partial charge >= 0.3 is 5.97 Å². The van der Waals surface area contributed by atoms with E-state index in [1.165, 1.54) is 0 Å². The summed E-state index contributed by atoms with van der Waals surface area (Å²) in [5.74, 6) is -0.798. The topological polar surface area (TPSA) is 37.3 Å². The number of rotatable bonds is 2. The third-order valence-electron chi connectivity index (χ3n) is 1.58. The van der Waals surface area contributed by atoms with Crippen molar-refractivity contribution in [1.29, 1.82) is 0 Å². The quantitative estimate of drug-likeness (QED) is 0.741. The van der Waals surface area contributed by atoms with Gasteiger partial charge in [0.1, 0.15) is 0 Å². The highest BCUT2D eigenvalue weighted by Gasteiger charge is 2.24. The standard InChI is InChI=1S/C8H12O2SSi/c1-12(2,3)8-6(7(9)10)4-5-11-8/h4-5H,1-3H3,(H,9,10). The molecule has 0 saturated heterocycles. The average molecular weight is 200 g/mol. The first-order chi connectivity index (χ1) is 5.43. The smallest absolute Gasteiger partial charge is 0.336 e. The maximum Gasteiger partial charge on any atom is 0.336 e. The first kappa shape index (κ1) is 9.47. The Kier molecular flexibility index (Phi) is 2.39. The molecule has 0 aliphatic heterocycles. The Morgan fingerprint density at radius 1 is 1.50 bits per heavy atom. The molecular formula is C8H12O2SSi.